The number of carbonyl (C=O) groups excluding carboxylic acids is 1. The molecule has 18 heavy (non-hydrogen) atoms. The van der Waals surface area contributed by atoms with Crippen LogP contribution in [-0.4, -0.2) is 26.8 Å². The molecule has 0 saturated carbocycles. The molecule has 2 heterocycles. The summed E-state index contributed by atoms with van der Waals surface area (Å²) in [5, 5.41) is 9.40. The Kier molecular flexibility index (Phi) is 3.73. The van der Waals surface area contributed by atoms with Crippen LogP contribution < -0.4 is 0 Å². The monoisotopic (exact) mass is 280 g/mol. The summed E-state index contributed by atoms with van der Waals surface area (Å²) in [6.45, 7) is 1.48. The quantitative estimate of drug-likeness (QED) is 0.867. The van der Waals surface area contributed by atoms with Crippen LogP contribution in [0.1, 0.15) is 27.0 Å². The van der Waals surface area contributed by atoms with Crippen molar-refractivity contribution in [3.05, 3.63) is 35.0 Å². The van der Waals surface area contributed by atoms with E-state index in [4.69, 9.17) is 5.11 Å². The van der Waals surface area contributed by atoms with Gasteiger partial charge in [0.05, 0.1) is 16.6 Å². The van der Waals surface area contributed by atoms with Gasteiger partial charge in [0.25, 0.3) is 0 Å². The Balaban J connectivity index is 2.20. The number of hydrogen-bond acceptors (Lipinski definition) is 6. The van der Waals surface area contributed by atoms with E-state index in [1.807, 2.05) is 0 Å². The van der Waals surface area contributed by atoms with Gasteiger partial charge in [0.1, 0.15) is 5.03 Å². The van der Waals surface area contributed by atoms with Crippen LogP contribution in [0.5, 0.6) is 0 Å². The Morgan fingerprint density at radius 1 is 1.39 bits per heavy atom. The van der Waals surface area contributed by atoms with Crippen LogP contribution in [-0.2, 0) is 0 Å². The predicted molar refractivity (Wildman–Crippen MR) is 67.4 cm³/mol. The molecule has 0 aliphatic heterocycles. The summed E-state index contributed by atoms with van der Waals surface area (Å²) in [4.78, 5) is 30.6. The largest absolute Gasteiger partial charge is 0.478 e. The molecule has 2 aromatic heterocycles. The van der Waals surface area contributed by atoms with E-state index >= 15 is 0 Å². The highest BCUT2D eigenvalue weighted by molar-refractivity contribution is 8.01. The van der Waals surface area contributed by atoms with Crippen molar-refractivity contribution < 1.29 is 14.7 Å². The number of thiazole rings is 1. The number of hydrogen-bond donors (Lipinski definition) is 1. The zero-order valence-electron chi connectivity index (χ0n) is 9.28. The highest BCUT2D eigenvalue weighted by atomic mass is 32.2. The third-order valence-corrected chi connectivity index (χ3v) is 4.11. The van der Waals surface area contributed by atoms with E-state index in [1.165, 1.54) is 54.5 Å². The molecule has 0 aliphatic carbocycles. The zero-order chi connectivity index (χ0) is 13.1. The number of aromatic nitrogens is 2. The molecule has 0 spiro atoms. The maximum atomic E-state index is 11.1. The van der Waals surface area contributed by atoms with E-state index in [0.29, 0.717) is 14.2 Å². The first kappa shape index (κ1) is 12.7. The molecule has 0 unspecified atom stereocenters. The first-order chi connectivity index (χ1) is 8.56. The van der Waals surface area contributed by atoms with Crippen molar-refractivity contribution in [3.8, 4) is 0 Å². The Labute approximate surface area is 111 Å². The number of carboxylic acids is 1. The Morgan fingerprint density at radius 2 is 2.17 bits per heavy atom. The fraction of sp³-hybridized carbons (Fsp3) is 0.0909. The number of ketones is 1. The molecule has 0 aliphatic rings. The maximum absolute atomic E-state index is 11.1. The lowest BCUT2D eigenvalue weighted by molar-refractivity contribution is 0.0696. The molecule has 0 radical (unpaired) electrons. The van der Waals surface area contributed by atoms with Gasteiger partial charge in [-0.15, -0.1) is 11.3 Å². The molecule has 1 N–H and O–H groups in total. The number of nitrogens with zero attached hydrogens (tertiary/aromatic N) is 2. The lowest BCUT2D eigenvalue weighted by Crippen LogP contribution is -1.96. The van der Waals surface area contributed by atoms with Crippen LogP contribution in [0.3, 0.4) is 0 Å². The molecule has 2 aromatic rings. The molecule has 0 bridgehead atoms. The second-order valence-electron chi connectivity index (χ2n) is 3.34. The Hall–Kier alpha value is -1.73. The van der Waals surface area contributed by atoms with Crippen molar-refractivity contribution in [2.75, 3.05) is 0 Å². The van der Waals surface area contributed by atoms with Crippen molar-refractivity contribution >= 4 is 34.9 Å². The summed E-state index contributed by atoms with van der Waals surface area (Å²) in [5.74, 6) is -1.03. The first-order valence-corrected chi connectivity index (χ1v) is 6.53. The number of carbonyl (C=O) groups is 2. The van der Waals surface area contributed by atoms with Crippen LogP contribution >= 0.6 is 23.1 Å². The minimum absolute atomic E-state index is 0.0356. The molecule has 0 atom stereocenters. The summed E-state index contributed by atoms with van der Waals surface area (Å²) in [5.41, 5.74) is 0.177. The summed E-state index contributed by atoms with van der Waals surface area (Å²) in [6, 6.07) is 2.90. The van der Waals surface area contributed by atoms with Gasteiger partial charge in [-0.2, -0.15) is 0 Å². The van der Waals surface area contributed by atoms with Crippen LogP contribution in [0.15, 0.2) is 33.9 Å². The molecule has 0 aromatic carbocycles. The molecule has 5 nitrogen and oxygen atoms in total. The van der Waals surface area contributed by atoms with E-state index in [2.05, 4.69) is 9.97 Å². The standard InChI is InChI=1S/C11H8N2O3S2/c1-6(14)8-5-13-11(17-8)18-9-4-7(10(15)16)2-3-12-9/h2-5H,1H3,(H,15,16). The summed E-state index contributed by atoms with van der Waals surface area (Å²) >= 11 is 2.50. The molecular weight excluding hydrogens is 272 g/mol. The second kappa shape index (κ2) is 5.28. The molecule has 92 valence electrons. The smallest absolute Gasteiger partial charge is 0.335 e. The summed E-state index contributed by atoms with van der Waals surface area (Å²) in [7, 11) is 0. The topological polar surface area (TPSA) is 80.2 Å². The fourth-order valence-electron chi connectivity index (χ4n) is 1.16. The molecular formula is C11H8N2O3S2. The number of carboxylic acid groups (broad SMARTS) is 1. The summed E-state index contributed by atoms with van der Waals surface area (Å²) < 4.78 is 0.662. The van der Waals surface area contributed by atoms with E-state index < -0.39 is 5.97 Å². The minimum atomic E-state index is -0.997. The van der Waals surface area contributed by atoms with Gasteiger partial charge in [-0.1, -0.05) is 0 Å². The SMILES string of the molecule is CC(=O)c1cnc(Sc2cc(C(=O)O)ccn2)s1. The third-order valence-electron chi connectivity index (χ3n) is 2.01. The Bertz CT molecular complexity index is 610. The van der Waals surface area contributed by atoms with Crippen LogP contribution in [0, 0.1) is 0 Å². The minimum Gasteiger partial charge on any atom is -0.478 e. The van der Waals surface area contributed by atoms with Crippen LogP contribution in [0.4, 0.5) is 0 Å². The van der Waals surface area contributed by atoms with Crippen LogP contribution in [0.2, 0.25) is 0 Å². The maximum Gasteiger partial charge on any atom is 0.335 e. The molecule has 0 fully saturated rings. The summed E-state index contributed by atoms with van der Waals surface area (Å²) in [6.07, 6.45) is 2.95. The average Bonchev–Trinajstić information content (AvgIpc) is 2.78. The number of Topliss-reactive ketones (excluding diaryl/α,β-unsaturated/α-hetero) is 1. The van der Waals surface area contributed by atoms with Crippen molar-refractivity contribution in [2.24, 2.45) is 0 Å². The van der Waals surface area contributed by atoms with Gasteiger partial charge in [-0.25, -0.2) is 14.8 Å². The molecule has 7 heteroatoms. The van der Waals surface area contributed by atoms with E-state index in [1.54, 1.807) is 0 Å². The lowest BCUT2D eigenvalue weighted by atomic mass is 10.3. The van der Waals surface area contributed by atoms with Gasteiger partial charge in [0.15, 0.2) is 10.1 Å². The molecule has 0 amide bonds. The van der Waals surface area contributed by atoms with E-state index in [9.17, 15) is 9.59 Å². The normalized spacial score (nSPS) is 10.3. The zero-order valence-corrected chi connectivity index (χ0v) is 10.9. The van der Waals surface area contributed by atoms with Crippen molar-refractivity contribution in [1.82, 2.24) is 9.97 Å². The molecule has 2 rings (SSSR count). The number of pyridine rings is 1. The van der Waals surface area contributed by atoms with Crippen molar-refractivity contribution in [2.45, 2.75) is 16.3 Å². The highest BCUT2D eigenvalue weighted by Gasteiger charge is 2.10. The van der Waals surface area contributed by atoms with Crippen molar-refractivity contribution in [3.63, 3.8) is 0 Å². The third kappa shape index (κ3) is 2.93. The predicted octanol–water partition coefficient (Wildman–Crippen LogP) is 2.59. The van der Waals surface area contributed by atoms with Crippen molar-refractivity contribution in [1.29, 1.82) is 0 Å². The van der Waals surface area contributed by atoms with Crippen LogP contribution in [0.25, 0.3) is 0 Å². The number of rotatable bonds is 4. The highest BCUT2D eigenvalue weighted by Crippen LogP contribution is 2.30. The van der Waals surface area contributed by atoms with E-state index in [-0.39, 0.29) is 11.3 Å². The van der Waals surface area contributed by atoms with Gasteiger partial charge < -0.3 is 5.11 Å². The van der Waals surface area contributed by atoms with E-state index in [0.717, 1.165) is 0 Å². The first-order valence-electron chi connectivity index (χ1n) is 4.90. The lowest BCUT2D eigenvalue weighted by Gasteiger charge is -1.98. The van der Waals surface area contributed by atoms with Gasteiger partial charge >= 0.3 is 5.97 Å². The Morgan fingerprint density at radius 3 is 2.78 bits per heavy atom. The van der Waals surface area contributed by atoms with Gasteiger partial charge in [0, 0.05) is 13.1 Å². The fourth-order valence-corrected chi connectivity index (χ4v) is 2.97. The number of aromatic carboxylic acids is 1. The second-order valence-corrected chi connectivity index (χ2v) is 5.63. The van der Waals surface area contributed by atoms with Gasteiger partial charge in [-0.05, 0) is 23.9 Å². The van der Waals surface area contributed by atoms with Gasteiger partial charge in [-0.3, -0.25) is 4.79 Å². The average molecular weight is 280 g/mol. The van der Waals surface area contributed by atoms with Gasteiger partial charge in [0.2, 0.25) is 0 Å². The molecule has 0 saturated heterocycles.